The summed E-state index contributed by atoms with van der Waals surface area (Å²) in [5.41, 5.74) is 4.19. The van der Waals surface area contributed by atoms with Gasteiger partial charge in [-0.05, 0) is 97.8 Å². The van der Waals surface area contributed by atoms with Crippen molar-refractivity contribution in [1.29, 1.82) is 0 Å². The summed E-state index contributed by atoms with van der Waals surface area (Å²) in [6.45, 7) is 0. The van der Waals surface area contributed by atoms with Crippen molar-refractivity contribution in [2.75, 3.05) is 5.32 Å². The molecular weight excluding hydrogens is 488 g/mol. The quantitative estimate of drug-likeness (QED) is 0.327. The smallest absolute Gasteiger partial charge is 0.299 e. The fraction of sp³-hybridized carbons (Fsp3) is 0.207. The summed E-state index contributed by atoms with van der Waals surface area (Å²) in [4.78, 5) is 26.0. The highest BCUT2D eigenvalue weighted by Gasteiger charge is 2.24. The number of anilines is 2. The maximum absolute atomic E-state index is 13.6. The van der Waals surface area contributed by atoms with E-state index in [0.717, 1.165) is 32.1 Å². The number of hydrogen-bond acceptors (Lipinski definition) is 5. The van der Waals surface area contributed by atoms with Crippen molar-refractivity contribution in [1.82, 2.24) is 15.1 Å². The van der Waals surface area contributed by atoms with Crippen LogP contribution >= 0.6 is 11.6 Å². The molecule has 0 unspecified atom stereocenters. The van der Waals surface area contributed by atoms with Gasteiger partial charge in [0, 0.05) is 22.3 Å². The normalized spacial score (nSPS) is 14.2. The number of aryl methyl sites for hydroxylation is 2. The van der Waals surface area contributed by atoms with E-state index in [0.29, 0.717) is 33.5 Å². The Kier molecular flexibility index (Phi) is 6.14. The molecule has 2 aliphatic rings. The first-order chi connectivity index (χ1) is 18.0. The SMILES string of the molecule is O=C(NC1CC1)c1ccc(Nc2c(Oc3ccc4c(c3)CCC4)cnn(-c3cccc(Cl)c3)c2=O)cc1. The van der Waals surface area contributed by atoms with Gasteiger partial charge in [0.05, 0.1) is 11.9 Å². The van der Waals surface area contributed by atoms with Crippen molar-refractivity contribution >= 4 is 28.9 Å². The third kappa shape index (κ3) is 5.08. The standard InChI is InChI=1S/C29H25ClN4O3/c30-21-5-2-6-24(16-21)34-29(36)27(32-22-10-7-19(8-11-22)28(35)33-23-12-13-23)26(17-31-34)37-25-14-9-18-3-1-4-20(18)15-25/h2,5-11,14-17,23,32H,1,3-4,12-13H2,(H,33,35). The number of nitrogens with zero attached hydrogens (tertiary/aromatic N) is 2. The molecule has 1 fully saturated rings. The minimum absolute atomic E-state index is 0.0955. The lowest BCUT2D eigenvalue weighted by atomic mass is 10.1. The maximum Gasteiger partial charge on any atom is 0.299 e. The summed E-state index contributed by atoms with van der Waals surface area (Å²) in [6, 6.07) is 20.3. The zero-order chi connectivity index (χ0) is 25.4. The average Bonchev–Trinajstić information content (AvgIpc) is 3.59. The molecular formula is C29H25ClN4O3. The molecule has 0 radical (unpaired) electrons. The Hall–Kier alpha value is -4.10. The highest BCUT2D eigenvalue weighted by molar-refractivity contribution is 6.30. The fourth-order valence-corrected chi connectivity index (χ4v) is 4.69. The summed E-state index contributed by atoms with van der Waals surface area (Å²) >= 11 is 6.16. The molecule has 0 bridgehead atoms. The Labute approximate surface area is 219 Å². The van der Waals surface area contributed by atoms with Gasteiger partial charge < -0.3 is 15.4 Å². The van der Waals surface area contributed by atoms with Gasteiger partial charge in [-0.25, -0.2) is 0 Å². The number of ether oxygens (including phenoxy) is 1. The predicted octanol–water partition coefficient (Wildman–Crippen LogP) is 5.80. The Morgan fingerprint density at radius 3 is 2.59 bits per heavy atom. The third-order valence-corrected chi connectivity index (χ3v) is 6.86. The largest absolute Gasteiger partial charge is 0.453 e. The van der Waals surface area contributed by atoms with Crippen LogP contribution in [-0.4, -0.2) is 21.7 Å². The fourth-order valence-electron chi connectivity index (χ4n) is 4.51. The molecule has 1 heterocycles. The van der Waals surface area contributed by atoms with Crippen molar-refractivity contribution in [2.45, 2.75) is 38.1 Å². The van der Waals surface area contributed by atoms with E-state index in [1.54, 1.807) is 48.5 Å². The minimum atomic E-state index is -0.392. The topological polar surface area (TPSA) is 85.2 Å². The first-order valence-corrected chi connectivity index (χ1v) is 12.8. The molecule has 37 heavy (non-hydrogen) atoms. The second-order valence-electron chi connectivity index (χ2n) is 9.42. The molecule has 1 aromatic heterocycles. The number of fused-ring (bicyclic) bond motifs is 1. The molecule has 6 rings (SSSR count). The number of carbonyl (C=O) groups is 1. The van der Waals surface area contributed by atoms with Crippen molar-refractivity contribution in [3.8, 4) is 17.2 Å². The molecule has 1 amide bonds. The van der Waals surface area contributed by atoms with Crippen molar-refractivity contribution in [2.24, 2.45) is 0 Å². The van der Waals surface area contributed by atoms with Crippen LogP contribution in [0.2, 0.25) is 5.02 Å². The molecule has 0 saturated heterocycles. The Bertz CT molecular complexity index is 1540. The third-order valence-electron chi connectivity index (χ3n) is 6.62. The van der Waals surface area contributed by atoms with Crippen LogP contribution in [-0.2, 0) is 12.8 Å². The first-order valence-electron chi connectivity index (χ1n) is 12.4. The van der Waals surface area contributed by atoms with Crippen molar-refractivity contribution in [3.05, 3.63) is 105 Å². The lowest BCUT2D eigenvalue weighted by Gasteiger charge is -2.15. The lowest BCUT2D eigenvalue weighted by Crippen LogP contribution is -2.25. The number of benzene rings is 3. The van der Waals surface area contributed by atoms with Gasteiger partial charge in [-0.15, -0.1) is 0 Å². The summed E-state index contributed by atoms with van der Waals surface area (Å²) < 4.78 is 7.47. The van der Waals surface area contributed by atoms with Crippen LogP contribution in [0.5, 0.6) is 11.5 Å². The molecule has 186 valence electrons. The summed E-state index contributed by atoms with van der Waals surface area (Å²) in [5.74, 6) is 0.858. The Morgan fingerprint density at radius 2 is 1.81 bits per heavy atom. The number of nitrogens with one attached hydrogen (secondary N) is 2. The van der Waals surface area contributed by atoms with E-state index in [1.165, 1.54) is 22.0 Å². The number of carbonyl (C=O) groups excluding carboxylic acids is 1. The summed E-state index contributed by atoms with van der Waals surface area (Å²) in [7, 11) is 0. The van der Waals surface area contributed by atoms with Gasteiger partial charge >= 0.3 is 0 Å². The summed E-state index contributed by atoms with van der Waals surface area (Å²) in [5, 5.41) is 11.0. The second-order valence-corrected chi connectivity index (χ2v) is 9.85. The number of amides is 1. The van der Waals surface area contributed by atoms with Gasteiger partial charge in [0.15, 0.2) is 11.4 Å². The van der Waals surface area contributed by atoms with Crippen LogP contribution in [0.4, 0.5) is 11.4 Å². The van der Waals surface area contributed by atoms with Gasteiger partial charge in [0.2, 0.25) is 0 Å². The van der Waals surface area contributed by atoms with Gasteiger partial charge in [0.1, 0.15) is 5.75 Å². The van der Waals surface area contributed by atoms with Crippen LogP contribution in [0.25, 0.3) is 5.69 Å². The highest BCUT2D eigenvalue weighted by Crippen LogP contribution is 2.32. The summed E-state index contributed by atoms with van der Waals surface area (Å²) in [6.07, 6.45) is 6.81. The molecule has 0 atom stereocenters. The molecule has 1 saturated carbocycles. The van der Waals surface area contributed by atoms with Crippen LogP contribution < -0.4 is 20.9 Å². The number of hydrogen-bond donors (Lipinski definition) is 2. The zero-order valence-corrected chi connectivity index (χ0v) is 20.8. The molecule has 2 aliphatic carbocycles. The Morgan fingerprint density at radius 1 is 1.00 bits per heavy atom. The van der Waals surface area contributed by atoms with Gasteiger partial charge in [-0.3, -0.25) is 9.59 Å². The lowest BCUT2D eigenvalue weighted by molar-refractivity contribution is 0.0951. The van der Waals surface area contributed by atoms with Gasteiger partial charge in [0.25, 0.3) is 11.5 Å². The van der Waals surface area contributed by atoms with E-state index >= 15 is 0 Å². The minimum Gasteiger partial charge on any atom is -0.453 e. The van der Waals surface area contributed by atoms with Gasteiger partial charge in [-0.2, -0.15) is 9.78 Å². The van der Waals surface area contributed by atoms with E-state index in [1.807, 2.05) is 12.1 Å². The van der Waals surface area contributed by atoms with E-state index in [2.05, 4.69) is 21.8 Å². The molecule has 4 aromatic rings. The van der Waals surface area contributed by atoms with E-state index < -0.39 is 5.56 Å². The molecule has 8 heteroatoms. The molecule has 3 aromatic carbocycles. The van der Waals surface area contributed by atoms with Crippen molar-refractivity contribution < 1.29 is 9.53 Å². The van der Waals surface area contributed by atoms with E-state index in [-0.39, 0.29) is 17.6 Å². The monoisotopic (exact) mass is 512 g/mol. The highest BCUT2D eigenvalue weighted by atomic mass is 35.5. The number of rotatable bonds is 7. The first kappa shape index (κ1) is 23.3. The van der Waals surface area contributed by atoms with Crippen LogP contribution in [0, 0.1) is 0 Å². The van der Waals surface area contributed by atoms with Crippen molar-refractivity contribution in [3.63, 3.8) is 0 Å². The van der Waals surface area contributed by atoms with Crippen LogP contribution in [0.15, 0.2) is 77.7 Å². The van der Waals surface area contributed by atoms with E-state index in [9.17, 15) is 9.59 Å². The second kappa shape index (κ2) is 9.75. The van der Waals surface area contributed by atoms with Gasteiger partial charge in [-0.1, -0.05) is 23.7 Å². The van der Waals surface area contributed by atoms with Crippen LogP contribution in [0.3, 0.4) is 0 Å². The molecule has 7 nitrogen and oxygen atoms in total. The number of aromatic nitrogens is 2. The van der Waals surface area contributed by atoms with E-state index in [4.69, 9.17) is 16.3 Å². The zero-order valence-electron chi connectivity index (χ0n) is 20.0. The predicted molar refractivity (Wildman–Crippen MR) is 144 cm³/mol. The molecule has 0 spiro atoms. The van der Waals surface area contributed by atoms with Crippen LogP contribution in [0.1, 0.15) is 40.7 Å². The molecule has 0 aliphatic heterocycles. The Balaban J connectivity index is 1.34. The molecule has 2 N–H and O–H groups in total. The average molecular weight is 513 g/mol. The number of halogens is 1. The maximum atomic E-state index is 13.6.